The molecule has 0 N–H and O–H groups in total. The molecule has 1 saturated heterocycles. The van der Waals surface area contributed by atoms with E-state index in [1.807, 2.05) is 0 Å². The molecule has 25 heavy (non-hydrogen) atoms. The molecule has 1 aromatic rings. The lowest BCUT2D eigenvalue weighted by Crippen LogP contribution is -2.45. The number of carbonyl (C=O) groups is 2. The smallest absolute Gasteiger partial charge is 0.415 e. The molecule has 0 aromatic heterocycles. The molecule has 0 unspecified atom stereocenters. The number of nitrogens with zero attached hydrogens (tertiary/aromatic N) is 2. The van der Waals surface area contributed by atoms with E-state index in [0.717, 1.165) is 6.26 Å². The first kappa shape index (κ1) is 17.5. The van der Waals surface area contributed by atoms with E-state index in [9.17, 15) is 18.0 Å². The van der Waals surface area contributed by atoms with Crippen molar-refractivity contribution in [1.82, 2.24) is 0 Å². The van der Waals surface area contributed by atoms with Crippen LogP contribution >= 0.6 is 0 Å². The Morgan fingerprint density at radius 2 is 2.16 bits per heavy atom. The number of amides is 2. The molecule has 3 rings (SSSR count). The van der Waals surface area contributed by atoms with Crippen LogP contribution in [0.15, 0.2) is 18.2 Å². The van der Waals surface area contributed by atoms with Crippen molar-refractivity contribution in [2.24, 2.45) is 0 Å². The van der Waals surface area contributed by atoms with Crippen LogP contribution in [0.5, 0.6) is 5.75 Å². The summed E-state index contributed by atoms with van der Waals surface area (Å²) in [5.41, 5.74) is 1.14. The minimum atomic E-state index is -3.64. The zero-order valence-corrected chi connectivity index (χ0v) is 14.8. The predicted molar refractivity (Wildman–Crippen MR) is 88.4 cm³/mol. The maximum absolute atomic E-state index is 12.2. The molecule has 0 radical (unpaired) electrons. The van der Waals surface area contributed by atoms with Gasteiger partial charge in [0.1, 0.15) is 25.0 Å². The quantitative estimate of drug-likeness (QED) is 0.720. The van der Waals surface area contributed by atoms with Crippen molar-refractivity contribution < 1.29 is 31.7 Å². The Balaban J connectivity index is 1.84. The lowest BCUT2D eigenvalue weighted by atomic mass is 10.1. The summed E-state index contributed by atoms with van der Waals surface area (Å²) in [6, 6.07) is 4.54. The second-order valence-corrected chi connectivity index (χ2v) is 7.53. The topological polar surface area (TPSA) is 102 Å². The highest BCUT2D eigenvalue weighted by molar-refractivity contribution is 7.85. The number of rotatable bonds is 4. The molecule has 136 valence electrons. The van der Waals surface area contributed by atoms with Gasteiger partial charge in [-0.15, -0.1) is 0 Å². The lowest BCUT2D eigenvalue weighted by Gasteiger charge is -2.31. The average Bonchev–Trinajstić information content (AvgIpc) is 2.87. The van der Waals surface area contributed by atoms with Gasteiger partial charge in [0.25, 0.3) is 10.1 Å². The van der Waals surface area contributed by atoms with Gasteiger partial charge in [-0.25, -0.2) is 4.79 Å². The summed E-state index contributed by atoms with van der Waals surface area (Å²) in [6.07, 6.45) is -0.416. The first-order valence-electron chi connectivity index (χ1n) is 7.53. The summed E-state index contributed by atoms with van der Waals surface area (Å²) in [7, 11) is -2.00. The Kier molecular flexibility index (Phi) is 4.33. The van der Waals surface area contributed by atoms with Gasteiger partial charge in [0.15, 0.2) is 6.10 Å². The van der Waals surface area contributed by atoms with Crippen LogP contribution in [0.2, 0.25) is 0 Å². The van der Waals surface area contributed by atoms with E-state index in [-0.39, 0.29) is 19.1 Å². The van der Waals surface area contributed by atoms with Crippen molar-refractivity contribution in [3.8, 4) is 5.75 Å². The van der Waals surface area contributed by atoms with E-state index in [1.54, 1.807) is 25.2 Å². The number of hydrogen-bond donors (Lipinski definition) is 0. The number of fused-ring (bicyclic) bond motifs is 3. The van der Waals surface area contributed by atoms with Crippen LogP contribution in [0.1, 0.15) is 6.92 Å². The van der Waals surface area contributed by atoms with Crippen molar-refractivity contribution in [2.45, 2.75) is 19.1 Å². The van der Waals surface area contributed by atoms with Gasteiger partial charge < -0.3 is 14.4 Å². The summed E-state index contributed by atoms with van der Waals surface area (Å²) in [4.78, 5) is 26.6. The second kappa shape index (κ2) is 6.19. The maximum atomic E-state index is 12.2. The van der Waals surface area contributed by atoms with Gasteiger partial charge in [-0.3, -0.25) is 13.9 Å². The molecule has 2 amide bonds. The normalized spacial score (nSPS) is 21.9. The van der Waals surface area contributed by atoms with Crippen molar-refractivity contribution in [1.29, 1.82) is 0 Å². The summed E-state index contributed by atoms with van der Waals surface area (Å²) < 4.78 is 38.0. The molecule has 2 aliphatic heterocycles. The minimum Gasteiger partial charge on any atom is -0.489 e. The molecule has 2 aliphatic rings. The first-order valence-corrected chi connectivity index (χ1v) is 9.34. The lowest BCUT2D eigenvalue weighted by molar-refractivity contribution is -0.116. The zero-order chi connectivity index (χ0) is 18.4. The predicted octanol–water partition coefficient (Wildman–Crippen LogP) is 0.732. The molecule has 0 saturated carbocycles. The summed E-state index contributed by atoms with van der Waals surface area (Å²) in [5.74, 6) is 0.315. The van der Waals surface area contributed by atoms with Gasteiger partial charge in [-0.1, -0.05) is 0 Å². The number of ether oxygens (including phenoxy) is 2. The molecule has 1 aromatic carbocycles. The number of anilines is 2. The highest BCUT2D eigenvalue weighted by atomic mass is 32.2. The number of cyclic esters (lactones) is 1. The van der Waals surface area contributed by atoms with Crippen molar-refractivity contribution >= 4 is 33.5 Å². The fourth-order valence-electron chi connectivity index (χ4n) is 2.74. The van der Waals surface area contributed by atoms with Crippen molar-refractivity contribution in [2.75, 3.05) is 36.3 Å². The molecule has 2 atom stereocenters. The fraction of sp³-hybridized carbons (Fsp3) is 0.467. The molecule has 1 fully saturated rings. The third-order valence-electron chi connectivity index (χ3n) is 4.13. The first-order chi connectivity index (χ1) is 11.7. The molecule has 9 nitrogen and oxygen atoms in total. The van der Waals surface area contributed by atoms with E-state index >= 15 is 0 Å². The van der Waals surface area contributed by atoms with Gasteiger partial charge in [0, 0.05) is 25.7 Å². The second-order valence-electron chi connectivity index (χ2n) is 5.89. The minimum absolute atomic E-state index is 0.129. The number of hydrogen-bond acceptors (Lipinski definition) is 7. The van der Waals surface area contributed by atoms with Crippen LogP contribution < -0.4 is 14.5 Å². The highest BCUT2D eigenvalue weighted by Crippen LogP contribution is 2.40. The standard InChI is InChI=1S/C15H18N2O7S/c1-9(18)16(2)10-4-5-11-13(6-10)22-7-12-14(8-23-25(3,20)21)24-15(19)17(11)12/h4-6,12,14H,7-8H2,1-3H3/t12-,14-/m0/s1. The van der Waals surface area contributed by atoms with Gasteiger partial charge in [0.05, 0.1) is 11.9 Å². The van der Waals surface area contributed by atoms with Crippen molar-refractivity contribution in [3.05, 3.63) is 18.2 Å². The van der Waals surface area contributed by atoms with Crippen LogP contribution in [-0.4, -0.2) is 59.1 Å². The largest absolute Gasteiger partial charge is 0.489 e. The van der Waals surface area contributed by atoms with Crippen LogP contribution in [0.25, 0.3) is 0 Å². The number of benzene rings is 1. The SMILES string of the molecule is CC(=O)N(C)c1ccc2c(c1)OC[C@H]1[C@H](COS(C)(=O)=O)OC(=O)N21. The van der Waals surface area contributed by atoms with Crippen LogP contribution in [-0.2, 0) is 23.8 Å². The van der Waals surface area contributed by atoms with Gasteiger partial charge in [-0.05, 0) is 12.1 Å². The van der Waals surface area contributed by atoms with Crippen LogP contribution in [0, 0.1) is 0 Å². The molecule has 0 spiro atoms. The monoisotopic (exact) mass is 370 g/mol. The van der Waals surface area contributed by atoms with Crippen LogP contribution in [0.4, 0.5) is 16.2 Å². The summed E-state index contributed by atoms with van der Waals surface area (Å²) >= 11 is 0. The Morgan fingerprint density at radius 1 is 1.44 bits per heavy atom. The highest BCUT2D eigenvalue weighted by Gasteiger charge is 2.47. The molecule has 10 heteroatoms. The fourth-order valence-corrected chi connectivity index (χ4v) is 3.13. The summed E-state index contributed by atoms with van der Waals surface area (Å²) in [6.45, 7) is 1.31. The van der Waals surface area contributed by atoms with E-state index in [1.165, 1.54) is 16.7 Å². The van der Waals surface area contributed by atoms with Crippen LogP contribution in [0.3, 0.4) is 0 Å². The summed E-state index contributed by atoms with van der Waals surface area (Å²) in [5, 5.41) is 0. The van der Waals surface area contributed by atoms with Crippen molar-refractivity contribution in [3.63, 3.8) is 0 Å². The van der Waals surface area contributed by atoms with E-state index in [2.05, 4.69) is 0 Å². The number of carbonyl (C=O) groups excluding carboxylic acids is 2. The third kappa shape index (κ3) is 3.40. The Hall–Kier alpha value is -2.33. The van der Waals surface area contributed by atoms with Gasteiger partial charge in [0.2, 0.25) is 5.91 Å². The molecule has 0 aliphatic carbocycles. The van der Waals surface area contributed by atoms with E-state index in [4.69, 9.17) is 13.7 Å². The Morgan fingerprint density at radius 3 is 2.80 bits per heavy atom. The Bertz CT molecular complexity index is 823. The molecule has 2 heterocycles. The van der Waals surface area contributed by atoms with E-state index < -0.39 is 28.4 Å². The third-order valence-corrected chi connectivity index (χ3v) is 4.69. The van der Waals surface area contributed by atoms with E-state index in [0.29, 0.717) is 17.1 Å². The molecular formula is C15H18N2O7S. The maximum Gasteiger partial charge on any atom is 0.415 e. The van der Waals surface area contributed by atoms with Gasteiger partial charge >= 0.3 is 6.09 Å². The molecular weight excluding hydrogens is 352 g/mol. The Labute approximate surface area is 145 Å². The van der Waals surface area contributed by atoms with Gasteiger partial charge in [-0.2, -0.15) is 8.42 Å². The zero-order valence-electron chi connectivity index (χ0n) is 14.0. The molecule has 0 bridgehead atoms. The average molecular weight is 370 g/mol.